The van der Waals surface area contributed by atoms with Crippen molar-refractivity contribution in [3.8, 4) is 0 Å². The van der Waals surface area contributed by atoms with E-state index in [4.69, 9.17) is 9.47 Å². The van der Waals surface area contributed by atoms with Crippen LogP contribution in [-0.4, -0.2) is 51.4 Å². The second kappa shape index (κ2) is 9.81. The molecule has 1 N–H and O–H groups in total. The van der Waals surface area contributed by atoms with E-state index in [-0.39, 0.29) is 20.4 Å². The minimum absolute atomic E-state index is 0.247. The van der Waals surface area contributed by atoms with Crippen LogP contribution in [0.4, 0.5) is 4.79 Å². The Labute approximate surface area is 105 Å². The van der Waals surface area contributed by atoms with Gasteiger partial charge >= 0.3 is 105 Å². The summed E-state index contributed by atoms with van der Waals surface area (Å²) in [6.45, 7) is 4.05. The first-order chi connectivity index (χ1) is 7.65. The number of esters is 1. The molecular weight excluding hydrogens is 297 g/mol. The van der Waals surface area contributed by atoms with Gasteiger partial charge in [0.05, 0.1) is 0 Å². The summed E-state index contributed by atoms with van der Waals surface area (Å²) in [5.41, 5.74) is 0. The number of carbonyl (C=O) groups is 2. The molecule has 0 heterocycles. The molecule has 7 heteroatoms. The molecule has 1 amide bonds. The Bertz CT molecular complexity index is 228. The van der Waals surface area contributed by atoms with Gasteiger partial charge in [0.25, 0.3) is 0 Å². The molecule has 0 aliphatic carbocycles. The number of rotatable bonds is 7. The van der Waals surface area contributed by atoms with E-state index in [0.717, 1.165) is 0 Å². The number of alkyl carbamates (subject to hydrolysis) is 1. The quantitative estimate of drug-likeness (QED) is 0.562. The zero-order valence-electron chi connectivity index (χ0n) is 9.65. The first-order valence-corrected chi connectivity index (χ1v) is 9.37. The Morgan fingerprint density at radius 2 is 1.94 bits per heavy atom. The predicted molar refractivity (Wildman–Crippen MR) is 64.7 cm³/mol. The van der Waals surface area contributed by atoms with Gasteiger partial charge in [0.1, 0.15) is 0 Å². The van der Waals surface area contributed by atoms with Crippen molar-refractivity contribution in [1.82, 2.24) is 5.32 Å². The summed E-state index contributed by atoms with van der Waals surface area (Å²) in [5.74, 6) is -0.397. The monoisotopic (exact) mass is 315 g/mol. The normalized spacial score (nSPS) is 11.7. The molecule has 5 nitrogen and oxygen atoms in total. The fourth-order valence-corrected chi connectivity index (χ4v) is 3.31. The molecular formula is C9H17NO4SSe. The topological polar surface area (TPSA) is 64.6 Å². The molecule has 0 saturated heterocycles. The third-order valence-corrected chi connectivity index (χ3v) is 4.90. The van der Waals surface area contributed by atoms with Crippen molar-refractivity contribution in [2.24, 2.45) is 0 Å². The summed E-state index contributed by atoms with van der Waals surface area (Å²) in [4.78, 5) is 22.7. The van der Waals surface area contributed by atoms with Crippen LogP contribution in [0.25, 0.3) is 0 Å². The van der Waals surface area contributed by atoms with E-state index in [0.29, 0.717) is 11.9 Å². The van der Waals surface area contributed by atoms with Crippen molar-refractivity contribution >= 4 is 36.1 Å². The van der Waals surface area contributed by atoms with E-state index in [2.05, 4.69) is 5.32 Å². The Kier molecular flexibility index (Phi) is 9.57. The van der Waals surface area contributed by atoms with Gasteiger partial charge in [0.2, 0.25) is 0 Å². The van der Waals surface area contributed by atoms with E-state index in [1.807, 2.05) is 6.26 Å². The van der Waals surface area contributed by atoms with Crippen molar-refractivity contribution in [3.63, 3.8) is 0 Å². The van der Waals surface area contributed by atoms with Crippen LogP contribution >= 0.6 is 10.2 Å². The van der Waals surface area contributed by atoms with Crippen LogP contribution in [0.1, 0.15) is 13.8 Å². The second-order valence-corrected chi connectivity index (χ2v) is 7.47. The molecule has 0 fully saturated rings. The van der Waals surface area contributed by atoms with Crippen LogP contribution in [0.5, 0.6) is 0 Å². The van der Waals surface area contributed by atoms with E-state index < -0.39 is 18.1 Å². The zero-order chi connectivity index (χ0) is 12.4. The molecule has 0 saturated carbocycles. The Morgan fingerprint density at radius 3 is 2.44 bits per heavy atom. The van der Waals surface area contributed by atoms with Crippen LogP contribution in [0.2, 0.25) is 5.32 Å². The molecule has 0 aliphatic heterocycles. The fourth-order valence-electron chi connectivity index (χ4n) is 0.863. The van der Waals surface area contributed by atoms with Gasteiger partial charge in [0.15, 0.2) is 0 Å². The van der Waals surface area contributed by atoms with Crippen LogP contribution in [-0.2, 0) is 14.3 Å². The number of carbonyl (C=O) groups excluding carboxylic acids is 2. The number of amides is 1. The van der Waals surface area contributed by atoms with Crippen LogP contribution in [0, 0.1) is 0 Å². The van der Waals surface area contributed by atoms with Gasteiger partial charge in [-0.2, -0.15) is 0 Å². The molecule has 1 unspecified atom stereocenters. The van der Waals surface area contributed by atoms with E-state index >= 15 is 0 Å². The van der Waals surface area contributed by atoms with Crippen LogP contribution < -0.4 is 5.32 Å². The van der Waals surface area contributed by atoms with Crippen molar-refractivity contribution in [1.29, 1.82) is 0 Å². The Balaban J connectivity index is 4.18. The van der Waals surface area contributed by atoms with Crippen LogP contribution in [0.15, 0.2) is 0 Å². The summed E-state index contributed by atoms with van der Waals surface area (Å²) in [5, 5.41) is 3.11. The Hall–Kier alpha value is -0.391. The first-order valence-electron chi connectivity index (χ1n) is 4.91. The molecule has 1 atom stereocenters. The van der Waals surface area contributed by atoms with Crippen molar-refractivity contribution < 1.29 is 19.1 Å². The minimum atomic E-state index is -0.591. The number of hydrogen-bond donors (Lipinski definition) is 1. The Morgan fingerprint density at radius 1 is 1.31 bits per heavy atom. The second-order valence-electron chi connectivity index (χ2n) is 2.62. The van der Waals surface area contributed by atoms with E-state index in [9.17, 15) is 9.59 Å². The van der Waals surface area contributed by atoms with Gasteiger partial charge in [-0.25, -0.2) is 0 Å². The number of ether oxygens (including phenoxy) is 2. The maximum atomic E-state index is 11.5. The first kappa shape index (κ1) is 15.6. The summed E-state index contributed by atoms with van der Waals surface area (Å²) in [6.07, 6.45) is 1.39. The van der Waals surface area contributed by atoms with Gasteiger partial charge in [0, 0.05) is 0 Å². The number of hydrogen-bond acceptors (Lipinski definition) is 5. The molecule has 0 rings (SSSR count). The van der Waals surface area contributed by atoms with Crippen LogP contribution in [0.3, 0.4) is 0 Å². The van der Waals surface area contributed by atoms with Crippen molar-refractivity contribution in [2.45, 2.75) is 25.2 Å². The van der Waals surface area contributed by atoms with Crippen molar-refractivity contribution in [2.75, 3.05) is 19.5 Å². The SMILES string of the molecule is CCOC(=O)NC(C[Se]SC)C(=O)OCC. The standard InChI is InChI=1S/C9H17NO4SSe/c1-4-13-8(11)7(6-16-15-3)10-9(12)14-5-2/h7H,4-6H2,1-3H3,(H,10,12). The summed E-state index contributed by atoms with van der Waals surface area (Å²) >= 11 is 0.247. The molecule has 0 aliphatic rings. The molecule has 16 heavy (non-hydrogen) atoms. The van der Waals surface area contributed by atoms with Crippen molar-refractivity contribution in [3.05, 3.63) is 0 Å². The average Bonchev–Trinajstić information content (AvgIpc) is 2.24. The molecule has 0 spiro atoms. The van der Waals surface area contributed by atoms with E-state index in [1.165, 1.54) is 0 Å². The van der Waals surface area contributed by atoms with Gasteiger partial charge in [-0.15, -0.1) is 0 Å². The molecule has 0 radical (unpaired) electrons. The summed E-state index contributed by atoms with van der Waals surface area (Å²) < 4.78 is 9.59. The number of nitrogens with one attached hydrogen (secondary N) is 1. The average molecular weight is 314 g/mol. The maximum absolute atomic E-state index is 11.5. The molecule has 0 aromatic carbocycles. The molecule has 0 bridgehead atoms. The third kappa shape index (κ3) is 6.98. The summed E-state index contributed by atoms with van der Waals surface area (Å²) in [6, 6.07) is -0.591. The van der Waals surface area contributed by atoms with Gasteiger partial charge < -0.3 is 0 Å². The third-order valence-electron chi connectivity index (χ3n) is 1.49. The predicted octanol–water partition coefficient (Wildman–Crippen LogP) is 1.06. The fraction of sp³-hybridized carbons (Fsp3) is 0.778. The molecule has 0 aromatic rings. The molecule has 0 aromatic heterocycles. The van der Waals surface area contributed by atoms with Gasteiger partial charge in [-0.05, 0) is 0 Å². The zero-order valence-corrected chi connectivity index (χ0v) is 12.2. The van der Waals surface area contributed by atoms with Gasteiger partial charge in [-0.1, -0.05) is 0 Å². The van der Waals surface area contributed by atoms with Gasteiger partial charge in [-0.3, -0.25) is 0 Å². The summed E-state index contributed by atoms with van der Waals surface area (Å²) in [7, 11) is 1.67. The molecule has 94 valence electrons. The van der Waals surface area contributed by atoms with E-state index in [1.54, 1.807) is 24.0 Å².